The number of benzene rings is 1. The first-order chi connectivity index (χ1) is 15.0. The number of hydrogen-bond donors (Lipinski definition) is 1. The molecule has 8 nitrogen and oxygen atoms in total. The van der Waals surface area contributed by atoms with Crippen molar-refractivity contribution in [2.24, 2.45) is 10.7 Å². The molecule has 1 aromatic heterocycles. The van der Waals surface area contributed by atoms with Crippen LogP contribution in [0.2, 0.25) is 0 Å². The van der Waals surface area contributed by atoms with Gasteiger partial charge in [-0.25, -0.2) is 22.6 Å². The van der Waals surface area contributed by atoms with Gasteiger partial charge < -0.3 is 15.2 Å². The molecule has 0 bridgehead atoms. The molecule has 3 atom stereocenters. The minimum absolute atomic E-state index is 0.0234. The topological polar surface area (TPSA) is 108 Å². The van der Waals surface area contributed by atoms with Gasteiger partial charge >= 0.3 is 0 Å². The van der Waals surface area contributed by atoms with Crippen LogP contribution in [0.1, 0.15) is 32.8 Å². The van der Waals surface area contributed by atoms with Gasteiger partial charge in [0.1, 0.15) is 27.7 Å². The van der Waals surface area contributed by atoms with Gasteiger partial charge in [0.2, 0.25) is 5.88 Å². The number of halogens is 1. The SMILES string of the molecule is [C-]#[N+]c1ccnc(Oc2ccc(F)c([C@]34CO[C@@H](C)C[C@H]3S(=O)(=O)C(C)(C)C(N)=N4)c2)c1. The third-order valence-electron chi connectivity index (χ3n) is 6.16. The van der Waals surface area contributed by atoms with Gasteiger partial charge in [0.25, 0.3) is 0 Å². The highest BCUT2D eigenvalue weighted by Crippen LogP contribution is 2.48. The maximum absolute atomic E-state index is 15.2. The monoisotopic (exact) mass is 458 g/mol. The number of aliphatic imine (C=N–C) groups is 1. The van der Waals surface area contributed by atoms with Crippen LogP contribution in [-0.4, -0.2) is 41.9 Å². The number of nitrogens with two attached hydrogens (primary N) is 1. The van der Waals surface area contributed by atoms with E-state index in [2.05, 4.69) is 14.8 Å². The highest BCUT2D eigenvalue weighted by molar-refractivity contribution is 7.94. The lowest BCUT2D eigenvalue weighted by Gasteiger charge is -2.49. The Labute approximate surface area is 186 Å². The molecule has 3 heterocycles. The van der Waals surface area contributed by atoms with E-state index in [4.69, 9.17) is 21.8 Å². The van der Waals surface area contributed by atoms with Crippen LogP contribution in [0.25, 0.3) is 4.85 Å². The molecule has 4 rings (SSSR count). The van der Waals surface area contributed by atoms with Gasteiger partial charge in [0.05, 0.1) is 24.5 Å². The molecular weight excluding hydrogens is 435 g/mol. The second-order valence-corrected chi connectivity index (χ2v) is 11.2. The summed E-state index contributed by atoms with van der Waals surface area (Å²) in [6, 6.07) is 6.97. The molecule has 2 aromatic rings. The molecule has 2 aliphatic heterocycles. The first kappa shape index (κ1) is 22.2. The molecule has 2 aliphatic rings. The summed E-state index contributed by atoms with van der Waals surface area (Å²) < 4.78 is 52.4. The standard InChI is InChI=1S/C22H23FN4O4S/c1-13-9-18-22(12-30-13,27-20(24)21(2,3)32(18,28)29)16-11-15(5-6-17(16)23)31-19-10-14(25-4)7-8-26-19/h5-8,10-11,13,18H,9,12H2,1-3H3,(H2,24,27)/t13-,18+,22+/m0/s1. The molecule has 2 N–H and O–H groups in total. The average Bonchev–Trinajstić information content (AvgIpc) is 2.75. The number of rotatable bonds is 3. The van der Waals surface area contributed by atoms with Crippen molar-refractivity contribution in [1.82, 2.24) is 4.98 Å². The summed E-state index contributed by atoms with van der Waals surface area (Å²) in [5, 5.41) is -1.02. The fourth-order valence-corrected chi connectivity index (χ4v) is 6.46. The number of nitrogens with zero attached hydrogens (tertiary/aromatic N) is 3. The quantitative estimate of drug-likeness (QED) is 0.706. The number of pyridine rings is 1. The average molecular weight is 459 g/mol. The molecule has 0 saturated carbocycles. The number of aromatic nitrogens is 1. The Balaban J connectivity index is 1.86. The van der Waals surface area contributed by atoms with Crippen molar-refractivity contribution in [2.75, 3.05) is 6.61 Å². The smallest absolute Gasteiger partial charge is 0.208 e. The van der Waals surface area contributed by atoms with Crippen molar-refractivity contribution in [3.8, 4) is 11.6 Å². The van der Waals surface area contributed by atoms with Crippen molar-refractivity contribution in [1.29, 1.82) is 0 Å². The molecule has 0 amide bonds. The lowest BCUT2D eigenvalue weighted by molar-refractivity contribution is -0.0181. The second-order valence-electron chi connectivity index (χ2n) is 8.53. The van der Waals surface area contributed by atoms with Gasteiger partial charge in [-0.15, -0.1) is 0 Å². The number of ether oxygens (including phenoxy) is 2. The van der Waals surface area contributed by atoms with Crippen LogP contribution < -0.4 is 10.5 Å². The number of hydrogen-bond acceptors (Lipinski definition) is 7. The molecule has 1 saturated heterocycles. The Kier molecular flexibility index (Phi) is 5.22. The molecule has 168 valence electrons. The molecule has 0 radical (unpaired) electrons. The van der Waals surface area contributed by atoms with Crippen LogP contribution in [0.3, 0.4) is 0 Å². The fraction of sp³-hybridized carbons (Fsp3) is 0.409. The molecular formula is C22H23FN4O4S. The van der Waals surface area contributed by atoms with Crippen LogP contribution >= 0.6 is 0 Å². The van der Waals surface area contributed by atoms with Gasteiger partial charge in [-0.3, -0.25) is 4.99 Å². The molecule has 32 heavy (non-hydrogen) atoms. The minimum atomic E-state index is -3.84. The van der Waals surface area contributed by atoms with Gasteiger partial charge in [-0.2, -0.15) is 0 Å². The minimum Gasteiger partial charge on any atom is -0.440 e. The third-order valence-corrected chi connectivity index (χ3v) is 9.13. The summed E-state index contributed by atoms with van der Waals surface area (Å²) in [7, 11) is -3.84. The zero-order valence-corrected chi connectivity index (χ0v) is 18.7. The Morgan fingerprint density at radius 2 is 2.06 bits per heavy atom. The van der Waals surface area contributed by atoms with E-state index in [0.29, 0.717) is 5.69 Å². The zero-order valence-electron chi connectivity index (χ0n) is 17.9. The number of sulfone groups is 1. The maximum atomic E-state index is 15.2. The Bertz CT molecular complexity index is 1250. The number of amidine groups is 1. The first-order valence-corrected chi connectivity index (χ1v) is 11.6. The van der Waals surface area contributed by atoms with Gasteiger partial charge in [0, 0.05) is 17.8 Å². The third kappa shape index (κ3) is 3.32. The van der Waals surface area contributed by atoms with E-state index < -0.39 is 31.2 Å². The molecule has 1 fully saturated rings. The van der Waals surface area contributed by atoms with E-state index in [1.807, 2.05) is 0 Å². The van der Waals surface area contributed by atoms with Crippen LogP contribution in [0, 0.1) is 12.4 Å². The van der Waals surface area contributed by atoms with Gasteiger partial charge in [0.15, 0.2) is 15.5 Å². The van der Waals surface area contributed by atoms with E-state index in [1.165, 1.54) is 50.4 Å². The van der Waals surface area contributed by atoms with E-state index in [-0.39, 0.29) is 42.2 Å². The van der Waals surface area contributed by atoms with E-state index in [9.17, 15) is 8.42 Å². The van der Waals surface area contributed by atoms with E-state index >= 15 is 4.39 Å². The molecule has 0 spiro atoms. The highest BCUT2D eigenvalue weighted by atomic mass is 32.2. The van der Waals surface area contributed by atoms with Crippen LogP contribution in [-0.2, 0) is 20.1 Å². The summed E-state index contributed by atoms with van der Waals surface area (Å²) in [6.45, 7) is 11.8. The predicted molar refractivity (Wildman–Crippen MR) is 117 cm³/mol. The van der Waals surface area contributed by atoms with Gasteiger partial charge in [-0.05, 0) is 51.5 Å². The Morgan fingerprint density at radius 1 is 1.31 bits per heavy atom. The largest absolute Gasteiger partial charge is 0.440 e. The van der Waals surface area contributed by atoms with Crippen molar-refractivity contribution < 1.29 is 22.3 Å². The van der Waals surface area contributed by atoms with E-state index in [1.54, 1.807) is 6.92 Å². The van der Waals surface area contributed by atoms with Crippen molar-refractivity contribution >= 4 is 21.4 Å². The summed E-state index contributed by atoms with van der Waals surface area (Å²) in [5.41, 5.74) is 4.94. The summed E-state index contributed by atoms with van der Waals surface area (Å²) in [4.78, 5) is 12.0. The van der Waals surface area contributed by atoms with Crippen molar-refractivity contribution in [2.45, 2.75) is 48.8 Å². The van der Waals surface area contributed by atoms with Crippen LogP contribution in [0.15, 0.2) is 41.5 Å². The molecule has 0 aliphatic carbocycles. The van der Waals surface area contributed by atoms with Crippen LogP contribution in [0.4, 0.5) is 10.1 Å². The Morgan fingerprint density at radius 3 is 2.78 bits per heavy atom. The Hall–Kier alpha value is -3.03. The molecule has 10 heteroatoms. The molecule has 1 aromatic carbocycles. The lowest BCUT2D eigenvalue weighted by atomic mass is 9.82. The van der Waals surface area contributed by atoms with E-state index in [0.717, 1.165) is 0 Å². The summed E-state index contributed by atoms with van der Waals surface area (Å²) in [5.74, 6) is -0.364. The van der Waals surface area contributed by atoms with Gasteiger partial charge in [-0.1, -0.05) is 0 Å². The second kappa shape index (κ2) is 7.53. The molecule has 0 unspecified atom stereocenters. The van der Waals surface area contributed by atoms with Crippen LogP contribution in [0.5, 0.6) is 11.6 Å². The maximum Gasteiger partial charge on any atom is 0.208 e. The van der Waals surface area contributed by atoms with Crippen molar-refractivity contribution in [3.63, 3.8) is 0 Å². The normalized spacial score (nSPS) is 28.2. The first-order valence-electron chi connectivity index (χ1n) is 10.0. The summed E-state index contributed by atoms with van der Waals surface area (Å²) >= 11 is 0. The summed E-state index contributed by atoms with van der Waals surface area (Å²) in [6.07, 6.45) is 1.25. The van der Waals surface area contributed by atoms with Crippen molar-refractivity contribution in [3.05, 3.63) is 59.3 Å². The highest BCUT2D eigenvalue weighted by Gasteiger charge is 2.61. The fourth-order valence-electron chi connectivity index (χ4n) is 4.12. The predicted octanol–water partition coefficient (Wildman–Crippen LogP) is 3.50. The number of fused-ring (bicyclic) bond motifs is 1. The lowest BCUT2D eigenvalue weighted by Crippen LogP contribution is -2.64. The zero-order chi connectivity index (χ0) is 23.3.